The number of anilines is 3. The van der Waals surface area contributed by atoms with Gasteiger partial charge in [0.25, 0.3) is 0 Å². The standard InChI is InChI=1S/C16H21N5O3/c1-22-13-6-5-11(8-14(13)23-2)20-16-19-10-18-15(21-16)17-9-12-4-3-7-24-12/h5-6,8,10,12H,3-4,7,9H2,1-2H3,(H2,17,18,19,20,21). The zero-order valence-electron chi connectivity index (χ0n) is 13.8. The van der Waals surface area contributed by atoms with Gasteiger partial charge in [-0.2, -0.15) is 4.98 Å². The molecule has 2 aromatic rings. The van der Waals surface area contributed by atoms with Gasteiger partial charge in [-0.25, -0.2) is 9.97 Å². The second-order valence-corrected chi connectivity index (χ2v) is 5.34. The van der Waals surface area contributed by atoms with Crippen molar-refractivity contribution in [1.29, 1.82) is 0 Å². The summed E-state index contributed by atoms with van der Waals surface area (Å²) in [6, 6.07) is 5.51. The topological polar surface area (TPSA) is 90.4 Å². The van der Waals surface area contributed by atoms with Crippen molar-refractivity contribution in [3.05, 3.63) is 24.5 Å². The Morgan fingerprint density at radius 1 is 1.17 bits per heavy atom. The molecule has 2 heterocycles. The molecule has 1 aliphatic rings. The first kappa shape index (κ1) is 16.3. The molecule has 24 heavy (non-hydrogen) atoms. The van der Waals surface area contributed by atoms with Crippen LogP contribution < -0.4 is 20.1 Å². The summed E-state index contributed by atoms with van der Waals surface area (Å²) in [5.41, 5.74) is 0.795. The molecule has 128 valence electrons. The van der Waals surface area contributed by atoms with Gasteiger partial charge in [-0.1, -0.05) is 0 Å². The summed E-state index contributed by atoms with van der Waals surface area (Å²) in [5.74, 6) is 2.27. The maximum absolute atomic E-state index is 5.57. The van der Waals surface area contributed by atoms with Crippen LogP contribution in [0.25, 0.3) is 0 Å². The van der Waals surface area contributed by atoms with Gasteiger partial charge in [-0.15, -0.1) is 0 Å². The minimum Gasteiger partial charge on any atom is -0.493 e. The fraction of sp³-hybridized carbons (Fsp3) is 0.438. The molecule has 0 spiro atoms. The third-order valence-electron chi connectivity index (χ3n) is 3.72. The van der Waals surface area contributed by atoms with E-state index >= 15 is 0 Å². The van der Waals surface area contributed by atoms with E-state index in [1.54, 1.807) is 14.2 Å². The number of rotatable bonds is 7. The van der Waals surface area contributed by atoms with Gasteiger partial charge in [-0.05, 0) is 25.0 Å². The first-order valence-corrected chi connectivity index (χ1v) is 7.82. The summed E-state index contributed by atoms with van der Waals surface area (Å²) < 4.78 is 16.1. The van der Waals surface area contributed by atoms with Crippen LogP contribution in [0.4, 0.5) is 17.6 Å². The average Bonchev–Trinajstić information content (AvgIpc) is 3.14. The van der Waals surface area contributed by atoms with Crippen LogP contribution in [0.15, 0.2) is 24.5 Å². The van der Waals surface area contributed by atoms with Crippen LogP contribution >= 0.6 is 0 Å². The van der Waals surface area contributed by atoms with Crippen molar-refractivity contribution in [3.63, 3.8) is 0 Å². The predicted molar refractivity (Wildman–Crippen MR) is 90.1 cm³/mol. The molecular weight excluding hydrogens is 310 g/mol. The highest BCUT2D eigenvalue weighted by atomic mass is 16.5. The maximum Gasteiger partial charge on any atom is 0.231 e. The summed E-state index contributed by atoms with van der Waals surface area (Å²) in [6.45, 7) is 1.52. The molecule has 1 aromatic carbocycles. The highest BCUT2D eigenvalue weighted by Gasteiger charge is 2.15. The van der Waals surface area contributed by atoms with E-state index in [1.165, 1.54) is 6.33 Å². The summed E-state index contributed by atoms with van der Waals surface area (Å²) in [7, 11) is 3.20. The number of nitrogens with zero attached hydrogens (tertiary/aromatic N) is 3. The van der Waals surface area contributed by atoms with Gasteiger partial charge in [0, 0.05) is 24.9 Å². The molecule has 0 saturated carbocycles. The smallest absolute Gasteiger partial charge is 0.231 e. The number of benzene rings is 1. The van der Waals surface area contributed by atoms with Crippen molar-refractivity contribution >= 4 is 17.6 Å². The molecule has 1 aliphatic heterocycles. The van der Waals surface area contributed by atoms with Gasteiger partial charge < -0.3 is 24.8 Å². The third-order valence-corrected chi connectivity index (χ3v) is 3.72. The Morgan fingerprint density at radius 3 is 2.75 bits per heavy atom. The molecule has 1 aromatic heterocycles. The van der Waals surface area contributed by atoms with Crippen LogP contribution in [0.1, 0.15) is 12.8 Å². The number of aromatic nitrogens is 3. The second-order valence-electron chi connectivity index (χ2n) is 5.34. The van der Waals surface area contributed by atoms with Gasteiger partial charge in [0.05, 0.1) is 20.3 Å². The number of methoxy groups -OCH3 is 2. The number of ether oxygens (including phenoxy) is 3. The lowest BCUT2D eigenvalue weighted by atomic mass is 10.2. The van der Waals surface area contributed by atoms with E-state index in [0.717, 1.165) is 25.1 Å². The summed E-state index contributed by atoms with van der Waals surface area (Å²) >= 11 is 0. The molecule has 0 bridgehead atoms. The van der Waals surface area contributed by atoms with Gasteiger partial charge in [-0.3, -0.25) is 0 Å². The van der Waals surface area contributed by atoms with Crippen LogP contribution in [-0.2, 0) is 4.74 Å². The van der Waals surface area contributed by atoms with Crippen LogP contribution in [0.5, 0.6) is 11.5 Å². The molecule has 2 N–H and O–H groups in total. The second kappa shape index (κ2) is 7.78. The van der Waals surface area contributed by atoms with Crippen molar-refractivity contribution in [2.45, 2.75) is 18.9 Å². The van der Waals surface area contributed by atoms with Crippen molar-refractivity contribution in [2.75, 3.05) is 38.0 Å². The SMILES string of the molecule is COc1ccc(Nc2ncnc(NCC3CCCO3)n2)cc1OC. The lowest BCUT2D eigenvalue weighted by Crippen LogP contribution is -2.19. The highest BCUT2D eigenvalue weighted by Crippen LogP contribution is 2.30. The van der Waals surface area contributed by atoms with Crippen molar-refractivity contribution < 1.29 is 14.2 Å². The van der Waals surface area contributed by atoms with Crippen LogP contribution in [0.3, 0.4) is 0 Å². The van der Waals surface area contributed by atoms with Crippen LogP contribution in [0, 0.1) is 0 Å². The van der Waals surface area contributed by atoms with E-state index in [1.807, 2.05) is 18.2 Å². The Labute approximate surface area is 140 Å². The molecule has 0 radical (unpaired) electrons. The monoisotopic (exact) mass is 331 g/mol. The van der Waals surface area contributed by atoms with Crippen LogP contribution in [0.2, 0.25) is 0 Å². The van der Waals surface area contributed by atoms with Crippen molar-refractivity contribution in [1.82, 2.24) is 15.0 Å². The normalized spacial score (nSPS) is 16.7. The Morgan fingerprint density at radius 2 is 2.00 bits per heavy atom. The van der Waals surface area contributed by atoms with Gasteiger partial charge in [0.2, 0.25) is 11.9 Å². The molecule has 0 amide bonds. The van der Waals surface area contributed by atoms with Gasteiger partial charge >= 0.3 is 0 Å². The molecule has 1 saturated heterocycles. The number of nitrogens with one attached hydrogen (secondary N) is 2. The molecular formula is C16H21N5O3. The fourth-order valence-corrected chi connectivity index (χ4v) is 2.50. The van der Waals surface area contributed by atoms with E-state index < -0.39 is 0 Å². The Kier molecular flexibility index (Phi) is 5.27. The zero-order chi connectivity index (χ0) is 16.8. The van der Waals surface area contributed by atoms with E-state index in [-0.39, 0.29) is 6.10 Å². The minimum absolute atomic E-state index is 0.226. The molecule has 1 atom stereocenters. The fourth-order valence-electron chi connectivity index (χ4n) is 2.50. The third kappa shape index (κ3) is 4.02. The van der Waals surface area contributed by atoms with Crippen molar-refractivity contribution in [2.24, 2.45) is 0 Å². The summed E-state index contributed by atoms with van der Waals surface area (Å²) in [5, 5.41) is 6.31. The van der Waals surface area contributed by atoms with E-state index in [2.05, 4.69) is 25.6 Å². The van der Waals surface area contributed by atoms with Crippen LogP contribution in [-0.4, -0.2) is 48.4 Å². The summed E-state index contributed by atoms with van der Waals surface area (Å²) in [4.78, 5) is 12.6. The number of hydrogen-bond donors (Lipinski definition) is 2. The predicted octanol–water partition coefficient (Wildman–Crippen LogP) is 2.22. The molecule has 1 fully saturated rings. The quantitative estimate of drug-likeness (QED) is 0.798. The minimum atomic E-state index is 0.226. The first-order valence-electron chi connectivity index (χ1n) is 7.82. The Bertz CT molecular complexity index is 677. The van der Waals surface area contributed by atoms with Crippen molar-refractivity contribution in [3.8, 4) is 11.5 Å². The average molecular weight is 331 g/mol. The largest absolute Gasteiger partial charge is 0.493 e. The highest BCUT2D eigenvalue weighted by molar-refractivity contribution is 5.60. The van der Waals surface area contributed by atoms with E-state index in [4.69, 9.17) is 14.2 Å². The lowest BCUT2D eigenvalue weighted by Gasteiger charge is -2.12. The molecule has 1 unspecified atom stereocenters. The molecule has 8 heteroatoms. The van der Waals surface area contributed by atoms with E-state index in [0.29, 0.717) is 29.9 Å². The van der Waals surface area contributed by atoms with E-state index in [9.17, 15) is 0 Å². The first-order chi connectivity index (χ1) is 11.8. The number of hydrogen-bond acceptors (Lipinski definition) is 8. The Balaban J connectivity index is 1.65. The molecule has 8 nitrogen and oxygen atoms in total. The van der Waals surface area contributed by atoms with Gasteiger partial charge in [0.15, 0.2) is 11.5 Å². The van der Waals surface area contributed by atoms with Gasteiger partial charge in [0.1, 0.15) is 6.33 Å². The molecule has 3 rings (SSSR count). The Hall–Kier alpha value is -2.61. The molecule has 0 aliphatic carbocycles. The lowest BCUT2D eigenvalue weighted by molar-refractivity contribution is 0.120. The zero-order valence-corrected chi connectivity index (χ0v) is 13.8. The maximum atomic E-state index is 5.57. The summed E-state index contributed by atoms with van der Waals surface area (Å²) in [6.07, 6.45) is 3.86.